The van der Waals surface area contributed by atoms with Crippen molar-refractivity contribution in [2.24, 2.45) is 5.90 Å². The molecule has 1 aromatic carbocycles. The zero-order valence-corrected chi connectivity index (χ0v) is 7.08. The van der Waals surface area contributed by atoms with Crippen molar-refractivity contribution in [2.45, 2.75) is 6.61 Å². The number of hydrogen-bond acceptors (Lipinski definition) is 4. The predicted molar refractivity (Wildman–Crippen MR) is 43.6 cm³/mol. The number of benzene rings is 1. The third kappa shape index (κ3) is 2.07. The number of halogens is 1. The van der Waals surface area contributed by atoms with Crippen molar-refractivity contribution >= 4 is 0 Å². The van der Waals surface area contributed by atoms with Crippen LogP contribution in [0.2, 0.25) is 0 Å². The second kappa shape index (κ2) is 4.06. The van der Waals surface area contributed by atoms with Crippen LogP contribution in [0.5, 0.6) is 11.5 Å². The van der Waals surface area contributed by atoms with Gasteiger partial charge in [0.2, 0.25) is 0 Å². The molecule has 0 aliphatic rings. The highest BCUT2D eigenvalue weighted by molar-refractivity contribution is 5.40. The molecule has 1 aromatic rings. The zero-order chi connectivity index (χ0) is 9.84. The van der Waals surface area contributed by atoms with Crippen molar-refractivity contribution in [1.29, 1.82) is 0 Å². The van der Waals surface area contributed by atoms with Crippen LogP contribution in [0.15, 0.2) is 12.1 Å². The minimum absolute atomic E-state index is 0.00245. The van der Waals surface area contributed by atoms with Crippen molar-refractivity contribution in [3.05, 3.63) is 23.5 Å². The average molecular weight is 187 g/mol. The van der Waals surface area contributed by atoms with Gasteiger partial charge in [-0.3, -0.25) is 4.84 Å². The first-order valence-corrected chi connectivity index (χ1v) is 3.56. The number of phenolic OH excluding ortho intramolecular Hbond substituents is 1. The number of phenols is 1. The summed E-state index contributed by atoms with van der Waals surface area (Å²) in [5.74, 6) is 4.03. The van der Waals surface area contributed by atoms with Crippen molar-refractivity contribution < 1.29 is 19.1 Å². The standard InChI is InChI=1S/C8H10FNO3/c1-12-8-2-5(4-13-10)7(11)3-6(8)9/h2-3,11H,4,10H2,1H3. The maximum atomic E-state index is 12.9. The molecule has 0 atom stereocenters. The van der Waals surface area contributed by atoms with Crippen LogP contribution in [-0.4, -0.2) is 12.2 Å². The van der Waals surface area contributed by atoms with Gasteiger partial charge in [-0.1, -0.05) is 0 Å². The molecule has 13 heavy (non-hydrogen) atoms. The van der Waals surface area contributed by atoms with Crippen molar-refractivity contribution in [1.82, 2.24) is 0 Å². The molecule has 72 valence electrons. The summed E-state index contributed by atoms with van der Waals surface area (Å²) in [5, 5.41) is 9.21. The second-order valence-electron chi connectivity index (χ2n) is 2.43. The van der Waals surface area contributed by atoms with Gasteiger partial charge >= 0.3 is 0 Å². The highest BCUT2D eigenvalue weighted by Gasteiger charge is 2.09. The van der Waals surface area contributed by atoms with Gasteiger partial charge in [0.15, 0.2) is 11.6 Å². The number of ether oxygens (including phenoxy) is 1. The Morgan fingerprint density at radius 2 is 2.23 bits per heavy atom. The molecule has 0 saturated heterocycles. The van der Waals surface area contributed by atoms with Gasteiger partial charge in [-0.15, -0.1) is 0 Å². The Bertz CT molecular complexity index is 304. The molecule has 0 fully saturated rings. The summed E-state index contributed by atoms with van der Waals surface area (Å²) in [6.45, 7) is 0.00245. The molecule has 0 aliphatic heterocycles. The molecule has 0 aromatic heterocycles. The van der Waals surface area contributed by atoms with Crippen LogP contribution in [0.3, 0.4) is 0 Å². The molecular weight excluding hydrogens is 177 g/mol. The van der Waals surface area contributed by atoms with Gasteiger partial charge in [0.1, 0.15) is 5.75 Å². The molecule has 0 spiro atoms. The lowest BCUT2D eigenvalue weighted by Gasteiger charge is -2.06. The third-order valence-corrected chi connectivity index (χ3v) is 1.59. The lowest BCUT2D eigenvalue weighted by molar-refractivity contribution is 0.122. The number of methoxy groups -OCH3 is 1. The van der Waals surface area contributed by atoms with Gasteiger partial charge in [0.25, 0.3) is 0 Å². The van der Waals surface area contributed by atoms with Crippen LogP contribution in [0, 0.1) is 5.82 Å². The SMILES string of the molecule is COc1cc(CON)c(O)cc1F. The van der Waals surface area contributed by atoms with Gasteiger partial charge in [-0.2, -0.15) is 0 Å². The zero-order valence-electron chi connectivity index (χ0n) is 7.08. The Balaban J connectivity index is 3.06. The van der Waals surface area contributed by atoms with Gasteiger partial charge in [-0.05, 0) is 6.07 Å². The number of aromatic hydroxyl groups is 1. The smallest absolute Gasteiger partial charge is 0.168 e. The number of rotatable bonds is 3. The summed E-state index contributed by atoms with van der Waals surface area (Å²) in [4.78, 5) is 4.31. The van der Waals surface area contributed by atoms with Gasteiger partial charge in [-0.25, -0.2) is 10.3 Å². The van der Waals surface area contributed by atoms with E-state index in [0.29, 0.717) is 5.56 Å². The molecule has 3 N–H and O–H groups in total. The van der Waals surface area contributed by atoms with Crippen LogP contribution in [0.4, 0.5) is 4.39 Å². The summed E-state index contributed by atoms with van der Waals surface area (Å²) < 4.78 is 17.6. The molecule has 0 aliphatic carbocycles. The molecule has 5 heteroatoms. The molecule has 0 heterocycles. The summed E-state index contributed by atoms with van der Waals surface area (Å²) in [6, 6.07) is 2.28. The molecule has 1 rings (SSSR count). The summed E-state index contributed by atoms with van der Waals surface area (Å²) in [6.07, 6.45) is 0. The Morgan fingerprint density at radius 3 is 2.77 bits per heavy atom. The highest BCUT2D eigenvalue weighted by atomic mass is 19.1. The van der Waals surface area contributed by atoms with E-state index in [9.17, 15) is 9.50 Å². The molecule has 0 unspecified atom stereocenters. The van der Waals surface area contributed by atoms with Crippen LogP contribution in [0.25, 0.3) is 0 Å². The normalized spacial score (nSPS) is 10.1. The van der Waals surface area contributed by atoms with Gasteiger partial charge in [0, 0.05) is 11.6 Å². The monoisotopic (exact) mass is 187 g/mol. The summed E-state index contributed by atoms with van der Waals surface area (Å²) >= 11 is 0. The van der Waals surface area contributed by atoms with Crippen LogP contribution in [-0.2, 0) is 11.4 Å². The molecule has 0 radical (unpaired) electrons. The maximum Gasteiger partial charge on any atom is 0.168 e. The summed E-state index contributed by atoms with van der Waals surface area (Å²) in [7, 11) is 1.34. The average Bonchev–Trinajstić information content (AvgIpc) is 2.10. The molecule has 4 nitrogen and oxygen atoms in total. The number of hydrogen-bond donors (Lipinski definition) is 2. The Morgan fingerprint density at radius 1 is 1.54 bits per heavy atom. The molecule has 0 saturated carbocycles. The van der Waals surface area contributed by atoms with Crippen LogP contribution >= 0.6 is 0 Å². The fourth-order valence-electron chi connectivity index (χ4n) is 0.947. The quantitative estimate of drug-likeness (QED) is 0.691. The van der Waals surface area contributed by atoms with Crippen LogP contribution in [0.1, 0.15) is 5.56 Å². The lowest BCUT2D eigenvalue weighted by Crippen LogP contribution is -2.00. The van der Waals surface area contributed by atoms with E-state index in [1.54, 1.807) is 0 Å². The minimum Gasteiger partial charge on any atom is -0.507 e. The Kier molecular flexibility index (Phi) is 3.05. The van der Waals surface area contributed by atoms with E-state index in [1.807, 2.05) is 0 Å². The van der Waals surface area contributed by atoms with E-state index in [-0.39, 0.29) is 18.1 Å². The third-order valence-electron chi connectivity index (χ3n) is 1.59. The first kappa shape index (κ1) is 9.76. The van der Waals surface area contributed by atoms with Crippen molar-refractivity contribution in [3.8, 4) is 11.5 Å². The second-order valence-corrected chi connectivity index (χ2v) is 2.43. The van der Waals surface area contributed by atoms with Crippen molar-refractivity contribution in [2.75, 3.05) is 7.11 Å². The minimum atomic E-state index is -0.624. The van der Waals surface area contributed by atoms with E-state index >= 15 is 0 Å². The lowest BCUT2D eigenvalue weighted by atomic mass is 10.2. The van der Waals surface area contributed by atoms with Crippen molar-refractivity contribution in [3.63, 3.8) is 0 Å². The fourth-order valence-corrected chi connectivity index (χ4v) is 0.947. The first-order valence-electron chi connectivity index (χ1n) is 3.56. The largest absolute Gasteiger partial charge is 0.507 e. The first-order chi connectivity index (χ1) is 6.19. The van der Waals surface area contributed by atoms with E-state index in [4.69, 9.17) is 10.6 Å². The summed E-state index contributed by atoms with van der Waals surface area (Å²) in [5.41, 5.74) is 0.376. The van der Waals surface area contributed by atoms with Gasteiger partial charge < -0.3 is 9.84 Å². The van der Waals surface area contributed by atoms with Crippen LogP contribution < -0.4 is 10.6 Å². The maximum absolute atomic E-state index is 12.9. The molecule has 0 amide bonds. The predicted octanol–water partition coefficient (Wildman–Crippen LogP) is 0.930. The topological polar surface area (TPSA) is 64.7 Å². The van der Waals surface area contributed by atoms with E-state index in [2.05, 4.69) is 4.84 Å². The van der Waals surface area contributed by atoms with Gasteiger partial charge in [0.05, 0.1) is 13.7 Å². The fraction of sp³-hybridized carbons (Fsp3) is 0.250. The highest BCUT2D eigenvalue weighted by Crippen LogP contribution is 2.26. The van der Waals surface area contributed by atoms with E-state index < -0.39 is 5.82 Å². The Labute approximate surface area is 74.6 Å². The molecule has 0 bridgehead atoms. The van der Waals surface area contributed by atoms with E-state index in [1.165, 1.54) is 13.2 Å². The van der Waals surface area contributed by atoms with E-state index in [0.717, 1.165) is 6.07 Å². The number of nitrogens with two attached hydrogens (primary N) is 1. The Hall–Kier alpha value is -1.33. The molecular formula is C8H10FNO3.